The highest BCUT2D eigenvalue weighted by molar-refractivity contribution is 5.39. The first-order chi connectivity index (χ1) is 10.7. The number of benzene rings is 1. The molecule has 120 valence electrons. The van der Waals surface area contributed by atoms with E-state index in [0.29, 0.717) is 0 Å². The van der Waals surface area contributed by atoms with Crippen molar-refractivity contribution in [3.8, 4) is 18.1 Å². The molecule has 1 heterocycles. The lowest BCUT2D eigenvalue weighted by Crippen LogP contribution is -2.52. The lowest BCUT2D eigenvalue weighted by Gasteiger charge is -2.38. The molecular formula is C20H30NO+. The van der Waals surface area contributed by atoms with Crippen LogP contribution >= 0.6 is 0 Å². The molecule has 1 aliphatic heterocycles. The summed E-state index contributed by atoms with van der Waals surface area (Å²) >= 11 is 0. The van der Waals surface area contributed by atoms with Crippen LogP contribution in [0, 0.1) is 26.2 Å². The molecule has 0 N–H and O–H groups in total. The Kier molecular flexibility index (Phi) is 6.34. The van der Waals surface area contributed by atoms with Gasteiger partial charge in [-0.2, -0.15) is 0 Å². The second-order valence-electron chi connectivity index (χ2n) is 6.71. The van der Waals surface area contributed by atoms with Gasteiger partial charge in [0, 0.05) is 0 Å². The van der Waals surface area contributed by atoms with E-state index in [1.807, 2.05) is 0 Å². The predicted molar refractivity (Wildman–Crippen MR) is 93.1 cm³/mol. The molecule has 0 aliphatic carbocycles. The Morgan fingerprint density at radius 1 is 1.05 bits per heavy atom. The number of aryl methyl sites for hydroxylation is 2. The van der Waals surface area contributed by atoms with Crippen LogP contribution < -0.4 is 4.74 Å². The van der Waals surface area contributed by atoms with Crippen molar-refractivity contribution >= 4 is 0 Å². The molecule has 1 fully saturated rings. The number of hydrogen-bond acceptors (Lipinski definition) is 1. The van der Waals surface area contributed by atoms with Crippen LogP contribution in [-0.4, -0.2) is 37.3 Å². The first-order valence-electron chi connectivity index (χ1n) is 8.64. The topological polar surface area (TPSA) is 9.23 Å². The minimum Gasteiger partial charge on any atom is -0.487 e. The van der Waals surface area contributed by atoms with Crippen molar-refractivity contribution in [3.63, 3.8) is 0 Å². The minimum absolute atomic E-state index is 0.757. The number of para-hydroxylation sites is 1. The normalized spacial score (nSPS) is 18.0. The molecule has 0 spiro atoms. The Bertz CT molecular complexity index is 487. The van der Waals surface area contributed by atoms with Crippen LogP contribution in [0.1, 0.15) is 43.2 Å². The van der Waals surface area contributed by atoms with Crippen molar-refractivity contribution in [1.29, 1.82) is 0 Å². The molecule has 1 aliphatic rings. The van der Waals surface area contributed by atoms with Gasteiger partial charge in [-0.05, 0) is 56.6 Å². The lowest BCUT2D eigenvalue weighted by atomic mass is 10.1. The first kappa shape index (κ1) is 16.9. The molecule has 0 bridgehead atoms. The summed E-state index contributed by atoms with van der Waals surface area (Å²) in [5, 5.41) is 0. The Morgan fingerprint density at radius 2 is 1.64 bits per heavy atom. The molecule has 0 saturated carbocycles. The number of ether oxygens (including phenoxy) is 1. The second kappa shape index (κ2) is 8.25. The molecule has 2 rings (SSSR count). The average Bonchev–Trinajstić information content (AvgIpc) is 2.46. The van der Waals surface area contributed by atoms with Crippen LogP contribution in [0.3, 0.4) is 0 Å². The maximum absolute atomic E-state index is 6.13. The van der Waals surface area contributed by atoms with Gasteiger partial charge in [0.05, 0.1) is 13.1 Å². The van der Waals surface area contributed by atoms with Gasteiger partial charge in [0.25, 0.3) is 0 Å². The zero-order valence-electron chi connectivity index (χ0n) is 14.2. The van der Waals surface area contributed by atoms with Gasteiger partial charge in [-0.3, -0.25) is 0 Å². The maximum atomic E-state index is 6.13. The third-order valence-electron chi connectivity index (χ3n) is 4.91. The number of hydrogen-bond donors (Lipinski definition) is 0. The van der Waals surface area contributed by atoms with Gasteiger partial charge < -0.3 is 9.22 Å². The highest BCUT2D eigenvalue weighted by atomic mass is 16.5. The fourth-order valence-corrected chi connectivity index (χ4v) is 3.56. The predicted octanol–water partition coefficient (Wildman–Crippen LogP) is 4.10. The smallest absolute Gasteiger partial charge is 0.140 e. The molecule has 2 heteroatoms. The minimum atomic E-state index is 0.757. The van der Waals surface area contributed by atoms with Crippen LogP contribution in [-0.2, 0) is 0 Å². The number of rotatable bonds is 5. The molecule has 0 amide bonds. The Balaban J connectivity index is 1.98. The summed E-state index contributed by atoms with van der Waals surface area (Å²) in [5.74, 6) is 3.96. The Morgan fingerprint density at radius 3 is 2.23 bits per heavy atom. The van der Waals surface area contributed by atoms with Crippen LogP contribution in [0.4, 0.5) is 0 Å². The van der Waals surface area contributed by atoms with E-state index in [1.165, 1.54) is 56.3 Å². The first-order valence-corrected chi connectivity index (χ1v) is 8.64. The summed E-state index contributed by atoms with van der Waals surface area (Å²) in [6.45, 7) is 9.27. The van der Waals surface area contributed by atoms with E-state index in [0.717, 1.165) is 29.9 Å². The maximum Gasteiger partial charge on any atom is 0.140 e. The molecule has 0 radical (unpaired) electrons. The van der Waals surface area contributed by atoms with Gasteiger partial charge in [0.2, 0.25) is 0 Å². The molecule has 2 nitrogen and oxygen atoms in total. The van der Waals surface area contributed by atoms with E-state index >= 15 is 0 Å². The largest absolute Gasteiger partial charge is 0.487 e. The zero-order chi connectivity index (χ0) is 15.8. The van der Waals surface area contributed by atoms with E-state index in [1.54, 1.807) is 0 Å². The third-order valence-corrected chi connectivity index (χ3v) is 4.91. The van der Waals surface area contributed by atoms with Gasteiger partial charge in [0.1, 0.15) is 25.4 Å². The second-order valence-corrected chi connectivity index (χ2v) is 6.71. The van der Waals surface area contributed by atoms with Crippen LogP contribution in [0.15, 0.2) is 18.2 Å². The van der Waals surface area contributed by atoms with Crippen LogP contribution in [0.5, 0.6) is 5.75 Å². The highest BCUT2D eigenvalue weighted by Crippen LogP contribution is 2.23. The van der Waals surface area contributed by atoms with Crippen molar-refractivity contribution in [2.45, 2.75) is 46.0 Å². The van der Waals surface area contributed by atoms with Crippen LogP contribution in [0.2, 0.25) is 0 Å². The number of likely N-dealkylation sites (tertiary alicyclic amines) is 1. The van der Waals surface area contributed by atoms with E-state index in [9.17, 15) is 0 Å². The summed E-state index contributed by atoms with van der Waals surface area (Å²) in [6, 6.07) is 6.32. The molecule has 1 saturated heterocycles. The lowest BCUT2D eigenvalue weighted by molar-refractivity contribution is -0.922. The van der Waals surface area contributed by atoms with Crippen molar-refractivity contribution in [3.05, 3.63) is 29.3 Å². The average molecular weight is 300 g/mol. The van der Waals surface area contributed by atoms with E-state index < -0.39 is 0 Å². The molecule has 0 atom stereocenters. The van der Waals surface area contributed by atoms with Gasteiger partial charge in [-0.15, -0.1) is 6.42 Å². The van der Waals surface area contributed by atoms with Gasteiger partial charge >= 0.3 is 0 Å². The number of nitrogens with zero attached hydrogens (tertiary/aromatic N) is 1. The van der Waals surface area contributed by atoms with Gasteiger partial charge in [-0.25, -0.2) is 0 Å². The summed E-state index contributed by atoms with van der Waals surface area (Å²) in [6.07, 6.45) is 12.3. The van der Waals surface area contributed by atoms with Gasteiger partial charge in [-0.1, -0.05) is 24.6 Å². The van der Waals surface area contributed by atoms with Gasteiger partial charge in [0.15, 0.2) is 0 Å². The van der Waals surface area contributed by atoms with Crippen molar-refractivity contribution in [2.75, 3.05) is 32.8 Å². The van der Waals surface area contributed by atoms with E-state index in [-0.39, 0.29) is 0 Å². The third kappa shape index (κ3) is 4.52. The van der Waals surface area contributed by atoms with Crippen molar-refractivity contribution < 1.29 is 9.22 Å². The van der Waals surface area contributed by atoms with E-state index in [2.05, 4.69) is 38.0 Å². The number of quaternary nitrogens is 1. The highest BCUT2D eigenvalue weighted by Gasteiger charge is 2.27. The standard InChI is InChI=1S/C20H30NO/c1-4-13-21(14-8-6-5-7-9-15-21)16-17-22-20-18(2)11-10-12-19(20)3/h1,10-12H,5-9,13-17H2,2-3H3/q+1. The molecule has 0 aromatic heterocycles. The molecule has 22 heavy (non-hydrogen) atoms. The Labute approximate surface area is 136 Å². The molecule has 1 aromatic rings. The number of terminal acetylenes is 1. The fraction of sp³-hybridized carbons (Fsp3) is 0.600. The quantitative estimate of drug-likeness (QED) is 0.588. The van der Waals surface area contributed by atoms with Crippen LogP contribution in [0.25, 0.3) is 0 Å². The Hall–Kier alpha value is -1.46. The summed E-state index contributed by atoms with van der Waals surface area (Å²) in [7, 11) is 0. The zero-order valence-corrected chi connectivity index (χ0v) is 14.2. The summed E-state index contributed by atoms with van der Waals surface area (Å²) in [4.78, 5) is 0. The monoisotopic (exact) mass is 300 g/mol. The SMILES string of the molecule is C#CC[N+]1(CCOc2c(C)cccc2C)CCCCCCC1. The summed E-state index contributed by atoms with van der Waals surface area (Å²) in [5.41, 5.74) is 2.44. The molecule has 0 unspecified atom stereocenters. The molecular weight excluding hydrogens is 270 g/mol. The van der Waals surface area contributed by atoms with Crippen molar-refractivity contribution in [1.82, 2.24) is 0 Å². The molecule has 1 aromatic carbocycles. The summed E-state index contributed by atoms with van der Waals surface area (Å²) < 4.78 is 7.17. The van der Waals surface area contributed by atoms with E-state index in [4.69, 9.17) is 11.2 Å². The fourth-order valence-electron chi connectivity index (χ4n) is 3.56. The van der Waals surface area contributed by atoms with Crippen molar-refractivity contribution in [2.24, 2.45) is 0 Å².